The molecular formula is C28H22N2OS3. The highest BCUT2D eigenvalue weighted by molar-refractivity contribution is 8.27. The highest BCUT2D eigenvalue weighted by Gasteiger charge is 2.33. The SMILES string of the molecule is CCN1C(=C/C=C2/SC(=S)N(c3ccccc3)C2=O)SC(c2ccccc2)=C1c1ccccc1. The molecule has 2 heterocycles. The van der Waals surface area contributed by atoms with Crippen molar-refractivity contribution in [2.45, 2.75) is 6.92 Å². The van der Waals surface area contributed by atoms with Gasteiger partial charge in [-0.25, -0.2) is 0 Å². The van der Waals surface area contributed by atoms with Crippen LogP contribution in [0.1, 0.15) is 18.1 Å². The summed E-state index contributed by atoms with van der Waals surface area (Å²) in [5.74, 6) is -0.0800. The molecule has 0 saturated carbocycles. The zero-order valence-corrected chi connectivity index (χ0v) is 21.0. The van der Waals surface area contributed by atoms with Gasteiger partial charge in [0.15, 0.2) is 4.32 Å². The van der Waals surface area contributed by atoms with Crippen LogP contribution in [-0.2, 0) is 4.79 Å². The minimum atomic E-state index is -0.0800. The lowest BCUT2D eigenvalue weighted by atomic mass is 10.1. The van der Waals surface area contributed by atoms with Crippen LogP contribution in [0.5, 0.6) is 0 Å². The summed E-state index contributed by atoms with van der Waals surface area (Å²) in [4.78, 5) is 18.9. The van der Waals surface area contributed by atoms with Crippen molar-refractivity contribution in [3.05, 3.63) is 124 Å². The van der Waals surface area contributed by atoms with E-state index >= 15 is 0 Å². The van der Waals surface area contributed by atoms with Gasteiger partial charge in [-0.15, -0.1) is 0 Å². The van der Waals surface area contributed by atoms with Crippen molar-refractivity contribution in [3.63, 3.8) is 0 Å². The molecule has 6 heteroatoms. The third-order valence-corrected chi connectivity index (χ3v) is 8.06. The van der Waals surface area contributed by atoms with Gasteiger partial charge in [-0.05, 0) is 42.3 Å². The molecule has 3 aromatic carbocycles. The number of carbonyl (C=O) groups excluding carboxylic acids is 1. The van der Waals surface area contributed by atoms with Gasteiger partial charge in [0.2, 0.25) is 0 Å². The molecular weight excluding hydrogens is 477 g/mol. The summed E-state index contributed by atoms with van der Waals surface area (Å²) in [6, 6.07) is 30.5. The van der Waals surface area contributed by atoms with Crippen LogP contribution in [0.3, 0.4) is 0 Å². The molecule has 0 atom stereocenters. The van der Waals surface area contributed by atoms with Crippen molar-refractivity contribution in [2.24, 2.45) is 0 Å². The van der Waals surface area contributed by atoms with E-state index in [9.17, 15) is 4.79 Å². The summed E-state index contributed by atoms with van der Waals surface area (Å²) in [7, 11) is 0. The van der Waals surface area contributed by atoms with E-state index in [0.717, 1.165) is 17.3 Å². The van der Waals surface area contributed by atoms with Gasteiger partial charge in [0.1, 0.15) is 0 Å². The Morgan fingerprint density at radius 1 is 0.794 bits per heavy atom. The monoisotopic (exact) mass is 498 g/mol. The summed E-state index contributed by atoms with van der Waals surface area (Å²) in [5, 5.41) is 1.09. The van der Waals surface area contributed by atoms with Crippen LogP contribution in [0.2, 0.25) is 0 Å². The first-order chi connectivity index (χ1) is 16.7. The molecule has 34 heavy (non-hydrogen) atoms. The number of nitrogens with zero attached hydrogens (tertiary/aromatic N) is 2. The Kier molecular flexibility index (Phi) is 6.72. The van der Waals surface area contributed by atoms with Gasteiger partial charge in [0.25, 0.3) is 5.91 Å². The Balaban J connectivity index is 1.50. The van der Waals surface area contributed by atoms with Crippen molar-refractivity contribution in [1.29, 1.82) is 0 Å². The summed E-state index contributed by atoms with van der Waals surface area (Å²) >= 11 is 8.60. The number of thioether (sulfide) groups is 2. The zero-order chi connectivity index (χ0) is 23.5. The molecule has 0 unspecified atom stereocenters. The quantitative estimate of drug-likeness (QED) is 0.270. The van der Waals surface area contributed by atoms with E-state index in [1.807, 2.05) is 54.6 Å². The smallest absolute Gasteiger partial charge is 0.270 e. The Bertz CT molecular complexity index is 1320. The lowest BCUT2D eigenvalue weighted by molar-refractivity contribution is -0.113. The standard InChI is InChI=1S/C28H22N2OS3/c1-2-29-24(19-18-23-27(31)30(28(32)33-23)22-16-10-5-11-17-22)34-26(21-14-8-4-9-15-21)25(29)20-12-6-3-7-13-20/h3-19H,2H2,1H3/b23-18+,24-19?. The summed E-state index contributed by atoms with van der Waals surface area (Å²) in [6.45, 7) is 2.97. The molecule has 1 amide bonds. The number of carbonyl (C=O) groups is 1. The van der Waals surface area contributed by atoms with E-state index in [-0.39, 0.29) is 5.91 Å². The maximum Gasteiger partial charge on any atom is 0.270 e. The van der Waals surface area contributed by atoms with Crippen LogP contribution in [-0.4, -0.2) is 21.7 Å². The van der Waals surface area contributed by atoms with E-state index in [2.05, 4.69) is 60.4 Å². The van der Waals surface area contributed by atoms with Crippen LogP contribution < -0.4 is 4.90 Å². The zero-order valence-electron chi connectivity index (χ0n) is 18.5. The third-order valence-electron chi connectivity index (χ3n) is 5.54. The second kappa shape index (κ2) is 10.1. The maximum atomic E-state index is 13.1. The first kappa shape index (κ1) is 22.7. The Morgan fingerprint density at radius 2 is 1.38 bits per heavy atom. The van der Waals surface area contributed by atoms with Crippen LogP contribution in [0.15, 0.2) is 113 Å². The van der Waals surface area contributed by atoms with Gasteiger partial charge in [0, 0.05) is 11.4 Å². The van der Waals surface area contributed by atoms with Crippen LogP contribution >= 0.6 is 35.7 Å². The average Bonchev–Trinajstić information content (AvgIpc) is 3.40. The molecule has 168 valence electrons. The number of amides is 1. The van der Waals surface area contributed by atoms with Crippen molar-refractivity contribution in [1.82, 2.24) is 4.90 Å². The van der Waals surface area contributed by atoms with Crippen molar-refractivity contribution in [3.8, 4) is 0 Å². The van der Waals surface area contributed by atoms with Crippen LogP contribution in [0.25, 0.3) is 10.6 Å². The molecule has 0 N–H and O–H groups in total. The van der Waals surface area contributed by atoms with E-state index in [0.29, 0.717) is 9.23 Å². The Labute approximate surface area is 213 Å². The predicted molar refractivity (Wildman–Crippen MR) is 150 cm³/mol. The van der Waals surface area contributed by atoms with Crippen molar-refractivity contribution < 1.29 is 4.79 Å². The second-order valence-corrected chi connectivity index (χ2v) is 10.3. The number of anilines is 1. The lowest BCUT2D eigenvalue weighted by Gasteiger charge is -2.21. The molecule has 0 aliphatic carbocycles. The number of hydrogen-bond acceptors (Lipinski definition) is 5. The largest absolute Gasteiger partial charge is 0.335 e. The molecule has 0 radical (unpaired) electrons. The second-order valence-electron chi connectivity index (χ2n) is 7.64. The first-order valence-electron chi connectivity index (χ1n) is 11.0. The topological polar surface area (TPSA) is 23.6 Å². The Hall–Kier alpha value is -3.06. The number of para-hydroxylation sites is 1. The molecule has 0 spiro atoms. The number of rotatable bonds is 5. The molecule has 3 aromatic rings. The van der Waals surface area contributed by atoms with Crippen molar-refractivity contribution in [2.75, 3.05) is 11.4 Å². The number of benzene rings is 3. The summed E-state index contributed by atoms with van der Waals surface area (Å²) < 4.78 is 0.556. The maximum absolute atomic E-state index is 13.1. The molecule has 1 saturated heterocycles. The fourth-order valence-electron chi connectivity index (χ4n) is 3.98. The van der Waals surface area contributed by atoms with Crippen molar-refractivity contribution >= 4 is 62.3 Å². The molecule has 3 nitrogen and oxygen atoms in total. The normalized spacial score (nSPS) is 18.6. The number of hydrogen-bond donors (Lipinski definition) is 0. The van der Waals surface area contributed by atoms with E-state index in [1.165, 1.54) is 33.5 Å². The molecule has 0 bridgehead atoms. The minimum Gasteiger partial charge on any atom is -0.335 e. The predicted octanol–water partition coefficient (Wildman–Crippen LogP) is 7.37. The Morgan fingerprint density at radius 3 is 2.00 bits per heavy atom. The molecule has 0 aromatic heterocycles. The first-order valence-corrected chi connectivity index (χ1v) is 13.1. The van der Waals surface area contributed by atoms with Gasteiger partial charge in [-0.1, -0.05) is 115 Å². The summed E-state index contributed by atoms with van der Waals surface area (Å²) in [6.07, 6.45) is 3.95. The van der Waals surface area contributed by atoms with Crippen LogP contribution in [0, 0.1) is 0 Å². The van der Waals surface area contributed by atoms with E-state index in [4.69, 9.17) is 12.2 Å². The van der Waals surface area contributed by atoms with Gasteiger partial charge in [-0.2, -0.15) is 0 Å². The average molecular weight is 499 g/mol. The van der Waals surface area contributed by atoms with E-state index < -0.39 is 0 Å². The molecule has 5 rings (SSSR count). The third kappa shape index (κ3) is 4.37. The van der Waals surface area contributed by atoms with Gasteiger partial charge in [0.05, 0.1) is 21.3 Å². The lowest BCUT2D eigenvalue weighted by Crippen LogP contribution is -2.27. The molecule has 1 fully saturated rings. The van der Waals surface area contributed by atoms with Gasteiger partial charge in [-0.3, -0.25) is 9.69 Å². The fourth-order valence-corrected chi connectivity index (χ4v) is 6.47. The summed E-state index contributed by atoms with van der Waals surface area (Å²) in [5.41, 5.74) is 4.35. The fraction of sp³-hybridized carbons (Fsp3) is 0.0714. The van der Waals surface area contributed by atoms with E-state index in [1.54, 1.807) is 16.7 Å². The van der Waals surface area contributed by atoms with Crippen LogP contribution in [0.4, 0.5) is 5.69 Å². The van der Waals surface area contributed by atoms with Gasteiger partial charge < -0.3 is 4.90 Å². The minimum absolute atomic E-state index is 0.0800. The van der Waals surface area contributed by atoms with Gasteiger partial charge >= 0.3 is 0 Å². The number of thiocarbonyl (C=S) groups is 1. The molecule has 2 aliphatic heterocycles. The highest BCUT2D eigenvalue weighted by Crippen LogP contribution is 2.50. The molecule has 2 aliphatic rings. The number of allylic oxidation sites excluding steroid dienone is 2. The highest BCUT2D eigenvalue weighted by atomic mass is 32.2.